The van der Waals surface area contributed by atoms with Crippen LogP contribution in [0.5, 0.6) is 5.75 Å². The fourth-order valence-electron chi connectivity index (χ4n) is 2.72. The molecular weight excluding hydrogens is 342 g/mol. The van der Waals surface area contributed by atoms with Gasteiger partial charge < -0.3 is 9.64 Å². The molecule has 0 saturated carbocycles. The normalized spacial score (nSPS) is 16.8. The van der Waals surface area contributed by atoms with Gasteiger partial charge in [0.05, 0.1) is 5.92 Å². The molecule has 1 aliphatic heterocycles. The summed E-state index contributed by atoms with van der Waals surface area (Å²) in [7, 11) is 0. The van der Waals surface area contributed by atoms with Crippen molar-refractivity contribution in [2.24, 2.45) is 5.92 Å². The summed E-state index contributed by atoms with van der Waals surface area (Å²) in [6, 6.07) is 13.3. The molecule has 0 N–H and O–H groups in total. The summed E-state index contributed by atoms with van der Waals surface area (Å²) in [6.07, 6.45) is 0.0941. The zero-order valence-corrected chi connectivity index (χ0v) is 14.3. The van der Waals surface area contributed by atoms with Crippen LogP contribution in [-0.2, 0) is 9.59 Å². The average Bonchev–Trinajstić information content (AvgIpc) is 2.97. The first-order valence-electron chi connectivity index (χ1n) is 7.82. The number of anilines is 1. The van der Waals surface area contributed by atoms with Gasteiger partial charge in [-0.15, -0.1) is 0 Å². The lowest BCUT2D eigenvalue weighted by atomic mass is 10.1. The number of hydrogen-bond donors (Lipinski definition) is 0. The first-order chi connectivity index (χ1) is 11.9. The number of ether oxygens (including phenoxy) is 1. The maximum atomic E-state index is 12.3. The summed E-state index contributed by atoms with van der Waals surface area (Å²) in [6.45, 7) is 1.72. The minimum atomic E-state index is -0.543. The molecule has 1 fully saturated rings. The zero-order valence-electron chi connectivity index (χ0n) is 13.6. The molecule has 1 amide bonds. The molecule has 0 aromatic heterocycles. The number of halogens is 1. The molecule has 0 radical (unpaired) electrons. The quantitative estimate of drug-likeness (QED) is 0.477. The van der Waals surface area contributed by atoms with Crippen molar-refractivity contribution in [1.29, 1.82) is 0 Å². The van der Waals surface area contributed by atoms with Crippen molar-refractivity contribution < 1.29 is 19.1 Å². The molecule has 1 saturated heterocycles. The molecule has 25 heavy (non-hydrogen) atoms. The topological polar surface area (TPSA) is 63.7 Å². The standard InChI is InChI=1S/C19H16ClNO4/c1-12(22)13-5-7-17(8-6-13)25-19(24)14-9-18(23)21(11-14)16-4-2-3-15(20)10-16/h2-8,10,14H,9,11H2,1H3/t14-/m0/s1. The Hall–Kier alpha value is -2.66. The Balaban J connectivity index is 1.67. The number of Topliss-reactive ketones (excluding diaryl/α,β-unsaturated/α-hetero) is 1. The van der Waals surface area contributed by atoms with Gasteiger partial charge in [0.1, 0.15) is 5.75 Å². The minimum Gasteiger partial charge on any atom is -0.426 e. The molecule has 0 bridgehead atoms. The van der Waals surface area contributed by atoms with Gasteiger partial charge in [-0.05, 0) is 49.4 Å². The van der Waals surface area contributed by atoms with Crippen LogP contribution in [0, 0.1) is 5.92 Å². The lowest BCUT2D eigenvalue weighted by Gasteiger charge is -2.16. The van der Waals surface area contributed by atoms with E-state index in [1.165, 1.54) is 11.8 Å². The Morgan fingerprint density at radius 3 is 2.52 bits per heavy atom. The van der Waals surface area contributed by atoms with E-state index in [2.05, 4.69) is 0 Å². The van der Waals surface area contributed by atoms with Gasteiger partial charge >= 0.3 is 5.97 Å². The van der Waals surface area contributed by atoms with E-state index >= 15 is 0 Å². The molecule has 1 aliphatic rings. The molecule has 0 unspecified atom stereocenters. The molecule has 1 heterocycles. The third-order valence-corrected chi connectivity index (χ3v) is 4.29. The molecule has 5 nitrogen and oxygen atoms in total. The number of nitrogens with zero attached hydrogens (tertiary/aromatic N) is 1. The van der Waals surface area contributed by atoms with Crippen LogP contribution in [0.25, 0.3) is 0 Å². The molecule has 2 aromatic rings. The molecule has 3 rings (SSSR count). The fourth-order valence-corrected chi connectivity index (χ4v) is 2.90. The largest absolute Gasteiger partial charge is 0.426 e. The maximum Gasteiger partial charge on any atom is 0.316 e. The van der Waals surface area contributed by atoms with Crippen LogP contribution in [0.2, 0.25) is 5.02 Å². The van der Waals surface area contributed by atoms with E-state index < -0.39 is 11.9 Å². The van der Waals surface area contributed by atoms with Crippen molar-refractivity contribution in [3.63, 3.8) is 0 Å². The smallest absolute Gasteiger partial charge is 0.316 e. The van der Waals surface area contributed by atoms with Crippen molar-refractivity contribution >= 4 is 34.9 Å². The van der Waals surface area contributed by atoms with Gasteiger partial charge in [0.15, 0.2) is 5.78 Å². The number of amides is 1. The molecule has 0 spiro atoms. The number of benzene rings is 2. The lowest BCUT2D eigenvalue weighted by Crippen LogP contribution is -2.27. The van der Waals surface area contributed by atoms with Gasteiger partial charge in [-0.1, -0.05) is 17.7 Å². The Morgan fingerprint density at radius 2 is 1.88 bits per heavy atom. The lowest BCUT2D eigenvalue weighted by molar-refractivity contribution is -0.139. The average molecular weight is 358 g/mol. The highest BCUT2D eigenvalue weighted by Crippen LogP contribution is 2.28. The Bertz CT molecular complexity index is 832. The van der Waals surface area contributed by atoms with Crippen molar-refractivity contribution in [2.75, 3.05) is 11.4 Å². The van der Waals surface area contributed by atoms with E-state index in [1.54, 1.807) is 48.5 Å². The number of carbonyl (C=O) groups is 3. The maximum absolute atomic E-state index is 12.3. The van der Waals surface area contributed by atoms with E-state index in [9.17, 15) is 14.4 Å². The second-order valence-corrected chi connectivity index (χ2v) is 6.32. The van der Waals surface area contributed by atoms with Gasteiger partial charge in [-0.25, -0.2) is 0 Å². The van der Waals surface area contributed by atoms with E-state index in [4.69, 9.17) is 16.3 Å². The molecule has 6 heteroatoms. The second-order valence-electron chi connectivity index (χ2n) is 5.89. The summed E-state index contributed by atoms with van der Waals surface area (Å²) < 4.78 is 5.33. The first-order valence-corrected chi connectivity index (χ1v) is 8.20. The van der Waals surface area contributed by atoms with Crippen LogP contribution < -0.4 is 9.64 Å². The monoisotopic (exact) mass is 357 g/mol. The number of esters is 1. The van der Waals surface area contributed by atoms with Crippen LogP contribution in [-0.4, -0.2) is 24.2 Å². The zero-order chi connectivity index (χ0) is 18.0. The Morgan fingerprint density at radius 1 is 1.16 bits per heavy atom. The van der Waals surface area contributed by atoms with Gasteiger partial charge in [0.2, 0.25) is 5.91 Å². The molecule has 0 aliphatic carbocycles. The van der Waals surface area contributed by atoms with Crippen LogP contribution >= 0.6 is 11.6 Å². The minimum absolute atomic E-state index is 0.0589. The fraction of sp³-hybridized carbons (Fsp3) is 0.211. The molecule has 128 valence electrons. The SMILES string of the molecule is CC(=O)c1ccc(OC(=O)[C@H]2CC(=O)N(c3cccc(Cl)c3)C2)cc1. The van der Waals surface area contributed by atoms with Crippen molar-refractivity contribution in [2.45, 2.75) is 13.3 Å². The summed E-state index contributed by atoms with van der Waals surface area (Å²) >= 11 is 5.96. The molecule has 1 atom stereocenters. The highest BCUT2D eigenvalue weighted by molar-refractivity contribution is 6.31. The number of carbonyl (C=O) groups excluding carboxylic acids is 3. The van der Waals surface area contributed by atoms with Crippen LogP contribution in [0.3, 0.4) is 0 Å². The number of hydrogen-bond acceptors (Lipinski definition) is 4. The van der Waals surface area contributed by atoms with Crippen LogP contribution in [0.15, 0.2) is 48.5 Å². The van der Waals surface area contributed by atoms with E-state index in [0.29, 0.717) is 22.0 Å². The summed E-state index contributed by atoms with van der Waals surface area (Å²) in [4.78, 5) is 37.3. The van der Waals surface area contributed by atoms with E-state index in [-0.39, 0.29) is 24.7 Å². The summed E-state index contributed by atoms with van der Waals surface area (Å²) in [5.41, 5.74) is 1.21. The second kappa shape index (κ2) is 7.07. The third kappa shape index (κ3) is 3.88. The van der Waals surface area contributed by atoms with Gasteiger partial charge in [0.25, 0.3) is 0 Å². The van der Waals surface area contributed by atoms with E-state index in [0.717, 1.165) is 0 Å². The van der Waals surface area contributed by atoms with Gasteiger partial charge in [0, 0.05) is 29.2 Å². The Kier molecular flexibility index (Phi) is 4.86. The highest BCUT2D eigenvalue weighted by atomic mass is 35.5. The van der Waals surface area contributed by atoms with Crippen LogP contribution in [0.1, 0.15) is 23.7 Å². The Labute approximate surface area is 150 Å². The van der Waals surface area contributed by atoms with Crippen molar-refractivity contribution in [3.8, 4) is 5.75 Å². The van der Waals surface area contributed by atoms with E-state index in [1.807, 2.05) is 0 Å². The van der Waals surface area contributed by atoms with Crippen molar-refractivity contribution in [1.82, 2.24) is 0 Å². The highest BCUT2D eigenvalue weighted by Gasteiger charge is 2.36. The first kappa shape index (κ1) is 17.2. The summed E-state index contributed by atoms with van der Waals surface area (Å²) in [5.74, 6) is -0.858. The molecule has 2 aromatic carbocycles. The van der Waals surface area contributed by atoms with Crippen molar-refractivity contribution in [3.05, 3.63) is 59.1 Å². The number of ketones is 1. The number of rotatable bonds is 4. The third-order valence-electron chi connectivity index (χ3n) is 4.06. The predicted octanol–water partition coefficient (Wildman–Crippen LogP) is 3.50. The van der Waals surface area contributed by atoms with Gasteiger partial charge in [-0.2, -0.15) is 0 Å². The van der Waals surface area contributed by atoms with Crippen LogP contribution in [0.4, 0.5) is 5.69 Å². The summed E-state index contributed by atoms with van der Waals surface area (Å²) in [5, 5.41) is 0.530. The predicted molar refractivity (Wildman–Crippen MR) is 94.0 cm³/mol. The van der Waals surface area contributed by atoms with Gasteiger partial charge in [-0.3, -0.25) is 14.4 Å². The molecular formula is C19H16ClNO4.